The number of furan rings is 1. The lowest BCUT2D eigenvalue weighted by Gasteiger charge is -1.97. The Bertz CT molecular complexity index is 600. The molecule has 0 unspecified atom stereocenters. The van der Waals surface area contributed by atoms with E-state index in [9.17, 15) is 0 Å². The van der Waals surface area contributed by atoms with E-state index >= 15 is 0 Å². The van der Waals surface area contributed by atoms with Crippen molar-refractivity contribution >= 4 is 12.1 Å². The zero-order valence-electron chi connectivity index (χ0n) is 10.0. The summed E-state index contributed by atoms with van der Waals surface area (Å²) in [6.45, 7) is -0.160. The number of amidine groups is 1. The lowest BCUT2D eigenvalue weighted by atomic mass is 10.2. The Labute approximate surface area is 109 Å². The predicted octanol–water partition coefficient (Wildman–Crippen LogP) is 1.22. The molecule has 2 rings (SSSR count). The summed E-state index contributed by atoms with van der Waals surface area (Å²) in [6.07, 6.45) is 1.40. The van der Waals surface area contributed by atoms with Crippen molar-refractivity contribution in [2.24, 2.45) is 15.9 Å². The summed E-state index contributed by atoms with van der Waals surface area (Å²) >= 11 is 0. The molecule has 0 atom stereocenters. The maximum Gasteiger partial charge on any atom is 0.153 e. The fourth-order valence-corrected chi connectivity index (χ4v) is 1.39. The van der Waals surface area contributed by atoms with Gasteiger partial charge in [0.05, 0.1) is 6.21 Å². The summed E-state index contributed by atoms with van der Waals surface area (Å²) < 4.78 is 5.19. The number of nitrogens with zero attached hydrogens (tertiary/aromatic N) is 2. The third-order valence-corrected chi connectivity index (χ3v) is 2.35. The average Bonchev–Trinajstić information content (AvgIpc) is 2.87. The smallest absolute Gasteiger partial charge is 0.153 e. The fourth-order valence-electron chi connectivity index (χ4n) is 1.39. The van der Waals surface area contributed by atoms with Crippen LogP contribution in [0.1, 0.15) is 17.1 Å². The first-order valence-electron chi connectivity index (χ1n) is 5.54. The molecule has 0 radical (unpaired) electrons. The SMILES string of the molecule is N/C(=N\N=C\c1ccc(CO)o1)c1ccc(O)cc1. The van der Waals surface area contributed by atoms with Gasteiger partial charge in [-0.2, -0.15) is 5.10 Å². The van der Waals surface area contributed by atoms with Gasteiger partial charge in [-0.05, 0) is 36.4 Å². The van der Waals surface area contributed by atoms with Gasteiger partial charge in [0, 0.05) is 5.56 Å². The number of phenols is 1. The van der Waals surface area contributed by atoms with E-state index in [0.717, 1.165) is 0 Å². The van der Waals surface area contributed by atoms with Crippen molar-refractivity contribution in [2.45, 2.75) is 6.61 Å². The number of aliphatic hydroxyl groups excluding tert-OH is 1. The minimum atomic E-state index is -0.160. The van der Waals surface area contributed by atoms with Gasteiger partial charge < -0.3 is 20.4 Å². The molecule has 1 heterocycles. The molecule has 0 saturated carbocycles. The molecule has 0 amide bonds. The van der Waals surface area contributed by atoms with E-state index in [4.69, 9.17) is 20.4 Å². The van der Waals surface area contributed by atoms with Gasteiger partial charge in [-0.1, -0.05) is 0 Å². The molecular formula is C13H13N3O3. The molecule has 0 aliphatic heterocycles. The third kappa shape index (κ3) is 3.43. The zero-order chi connectivity index (χ0) is 13.7. The Balaban J connectivity index is 2.07. The van der Waals surface area contributed by atoms with Crippen molar-refractivity contribution in [3.05, 3.63) is 53.5 Å². The number of nitrogens with two attached hydrogens (primary N) is 1. The highest BCUT2D eigenvalue weighted by Crippen LogP contribution is 2.09. The van der Waals surface area contributed by atoms with Crippen LogP contribution in [0.15, 0.2) is 51.0 Å². The number of aromatic hydroxyl groups is 1. The predicted molar refractivity (Wildman–Crippen MR) is 71.1 cm³/mol. The van der Waals surface area contributed by atoms with E-state index in [2.05, 4.69) is 10.2 Å². The van der Waals surface area contributed by atoms with Gasteiger partial charge in [-0.3, -0.25) is 0 Å². The standard InChI is InChI=1S/C13H13N3O3/c14-13(9-1-3-10(18)4-2-9)16-15-7-11-5-6-12(8-17)19-11/h1-7,17-18H,8H2,(H2,14,16)/b15-7+. The van der Waals surface area contributed by atoms with E-state index in [1.165, 1.54) is 18.3 Å². The first kappa shape index (κ1) is 12.8. The largest absolute Gasteiger partial charge is 0.508 e. The number of aliphatic hydroxyl groups is 1. The lowest BCUT2D eigenvalue weighted by Crippen LogP contribution is -2.12. The van der Waals surface area contributed by atoms with Crippen LogP contribution in [-0.4, -0.2) is 22.3 Å². The van der Waals surface area contributed by atoms with Crippen LogP contribution >= 0.6 is 0 Å². The van der Waals surface area contributed by atoms with Crippen LogP contribution in [-0.2, 0) is 6.61 Å². The molecule has 6 nitrogen and oxygen atoms in total. The monoisotopic (exact) mass is 259 g/mol. The number of rotatable bonds is 4. The van der Waals surface area contributed by atoms with Crippen LogP contribution in [0.5, 0.6) is 5.75 Å². The second kappa shape index (κ2) is 5.83. The highest BCUT2D eigenvalue weighted by molar-refractivity contribution is 5.97. The molecule has 0 bridgehead atoms. The summed E-state index contributed by atoms with van der Waals surface area (Å²) in [7, 11) is 0. The molecule has 98 valence electrons. The normalized spacial score (nSPS) is 12.2. The second-order valence-electron chi connectivity index (χ2n) is 3.74. The van der Waals surface area contributed by atoms with Crippen LogP contribution < -0.4 is 5.73 Å². The van der Waals surface area contributed by atoms with Gasteiger partial charge in [0.2, 0.25) is 0 Å². The van der Waals surface area contributed by atoms with Crippen molar-refractivity contribution in [2.75, 3.05) is 0 Å². The first-order valence-corrected chi connectivity index (χ1v) is 5.54. The highest BCUT2D eigenvalue weighted by Gasteiger charge is 1.99. The summed E-state index contributed by atoms with van der Waals surface area (Å²) in [5.41, 5.74) is 6.38. The maximum atomic E-state index is 9.15. The number of phenolic OH excluding ortho intramolecular Hbond substituents is 1. The highest BCUT2D eigenvalue weighted by atomic mass is 16.4. The van der Waals surface area contributed by atoms with Crippen LogP contribution in [0, 0.1) is 0 Å². The van der Waals surface area contributed by atoms with E-state index in [0.29, 0.717) is 17.1 Å². The van der Waals surface area contributed by atoms with Gasteiger partial charge in [0.1, 0.15) is 23.9 Å². The van der Waals surface area contributed by atoms with Gasteiger partial charge in [0.15, 0.2) is 5.84 Å². The fraction of sp³-hybridized carbons (Fsp3) is 0.0769. The minimum Gasteiger partial charge on any atom is -0.508 e. The second-order valence-corrected chi connectivity index (χ2v) is 3.74. The number of hydrogen-bond acceptors (Lipinski definition) is 5. The average molecular weight is 259 g/mol. The topological polar surface area (TPSA) is 104 Å². The van der Waals surface area contributed by atoms with Gasteiger partial charge in [-0.15, -0.1) is 5.10 Å². The maximum absolute atomic E-state index is 9.15. The van der Waals surface area contributed by atoms with E-state index in [1.807, 2.05) is 0 Å². The molecule has 1 aromatic heterocycles. The molecule has 0 fully saturated rings. The molecule has 1 aromatic carbocycles. The molecule has 0 spiro atoms. The van der Waals surface area contributed by atoms with Gasteiger partial charge in [-0.25, -0.2) is 0 Å². The third-order valence-electron chi connectivity index (χ3n) is 2.35. The number of hydrogen-bond donors (Lipinski definition) is 3. The Morgan fingerprint density at radius 1 is 1.21 bits per heavy atom. The Morgan fingerprint density at radius 3 is 2.58 bits per heavy atom. The summed E-state index contributed by atoms with van der Waals surface area (Å²) in [5, 5.41) is 25.6. The Hall–Kier alpha value is -2.60. The van der Waals surface area contributed by atoms with Crippen molar-refractivity contribution in [3.8, 4) is 5.75 Å². The summed E-state index contributed by atoms with van der Waals surface area (Å²) in [6, 6.07) is 9.62. The first-order chi connectivity index (χ1) is 9.19. The van der Waals surface area contributed by atoms with Crippen molar-refractivity contribution < 1.29 is 14.6 Å². The molecule has 0 saturated heterocycles. The van der Waals surface area contributed by atoms with Crippen molar-refractivity contribution in [1.82, 2.24) is 0 Å². The summed E-state index contributed by atoms with van der Waals surface area (Å²) in [5.74, 6) is 1.32. The Morgan fingerprint density at radius 2 is 1.95 bits per heavy atom. The molecular weight excluding hydrogens is 246 g/mol. The number of benzene rings is 1. The Kier molecular flexibility index (Phi) is 3.94. The molecule has 0 aliphatic carbocycles. The van der Waals surface area contributed by atoms with E-state index < -0.39 is 0 Å². The summed E-state index contributed by atoms with van der Waals surface area (Å²) in [4.78, 5) is 0. The van der Waals surface area contributed by atoms with E-state index in [-0.39, 0.29) is 18.2 Å². The van der Waals surface area contributed by atoms with Crippen LogP contribution in [0.2, 0.25) is 0 Å². The minimum absolute atomic E-state index is 0.159. The quantitative estimate of drug-likeness (QED) is 0.436. The van der Waals surface area contributed by atoms with Crippen molar-refractivity contribution in [1.29, 1.82) is 0 Å². The van der Waals surface area contributed by atoms with Gasteiger partial charge >= 0.3 is 0 Å². The van der Waals surface area contributed by atoms with Crippen LogP contribution in [0.3, 0.4) is 0 Å². The van der Waals surface area contributed by atoms with Crippen LogP contribution in [0.25, 0.3) is 0 Å². The van der Waals surface area contributed by atoms with Crippen LogP contribution in [0.4, 0.5) is 0 Å². The zero-order valence-corrected chi connectivity index (χ0v) is 10.0. The molecule has 4 N–H and O–H groups in total. The molecule has 2 aromatic rings. The lowest BCUT2D eigenvalue weighted by molar-refractivity contribution is 0.247. The van der Waals surface area contributed by atoms with Crippen molar-refractivity contribution in [3.63, 3.8) is 0 Å². The van der Waals surface area contributed by atoms with E-state index in [1.54, 1.807) is 24.3 Å². The molecule has 19 heavy (non-hydrogen) atoms. The van der Waals surface area contributed by atoms with Gasteiger partial charge in [0.25, 0.3) is 0 Å². The molecule has 6 heteroatoms. The molecule has 0 aliphatic rings.